The Morgan fingerprint density at radius 3 is 2.69 bits per heavy atom. The molecule has 1 aliphatic rings. The molecule has 148 valence electrons. The molecule has 1 atom stereocenters. The number of carbonyl (C=O) groups is 3. The predicted octanol–water partition coefficient (Wildman–Crippen LogP) is 2.68. The fraction of sp³-hybridized carbons (Fsp3) is 0.238. The van der Waals surface area contributed by atoms with Crippen LogP contribution in [0.4, 0.5) is 5.69 Å². The maximum atomic E-state index is 12.6. The summed E-state index contributed by atoms with van der Waals surface area (Å²) >= 11 is 1.49. The van der Waals surface area contributed by atoms with Gasteiger partial charge in [-0.3, -0.25) is 14.4 Å². The fourth-order valence-electron chi connectivity index (χ4n) is 2.79. The molecular formula is C21H19N3O4S. The number of nitrogens with one attached hydrogen (secondary N) is 1. The first-order valence-electron chi connectivity index (χ1n) is 8.90. The first kappa shape index (κ1) is 20.4. The molecule has 0 bridgehead atoms. The largest absolute Gasteiger partial charge is 0.484 e. The van der Waals surface area contributed by atoms with E-state index in [-0.39, 0.29) is 24.2 Å². The number of ketones is 1. The van der Waals surface area contributed by atoms with Crippen molar-refractivity contribution >= 4 is 35.0 Å². The van der Waals surface area contributed by atoms with Crippen molar-refractivity contribution in [3.8, 4) is 11.8 Å². The molecule has 1 heterocycles. The smallest absolute Gasteiger partial charge is 0.261 e. The molecule has 1 saturated heterocycles. The second-order valence-electron chi connectivity index (χ2n) is 6.43. The zero-order valence-electron chi connectivity index (χ0n) is 15.8. The lowest BCUT2D eigenvalue weighted by Crippen LogP contribution is -2.46. The third-order valence-electron chi connectivity index (χ3n) is 4.39. The van der Waals surface area contributed by atoms with Crippen molar-refractivity contribution in [2.45, 2.75) is 13.0 Å². The number of nitriles is 1. The molecule has 0 aliphatic carbocycles. The standard InChI is InChI=1S/C21H19N3O4S/c1-14(25)16-3-2-4-18(9-16)28-11-20(26)24-13-29-12-19(24)21(27)23-17-7-5-15(10-22)6-8-17/h2-9,19H,11-13H2,1H3,(H,23,27). The first-order chi connectivity index (χ1) is 14.0. The minimum atomic E-state index is -0.602. The van der Waals surface area contributed by atoms with E-state index in [1.165, 1.54) is 23.6 Å². The topological polar surface area (TPSA) is 99.5 Å². The van der Waals surface area contributed by atoms with Crippen LogP contribution < -0.4 is 10.1 Å². The zero-order valence-corrected chi connectivity index (χ0v) is 16.6. The molecule has 1 unspecified atom stereocenters. The monoisotopic (exact) mass is 409 g/mol. The molecule has 0 spiro atoms. The molecule has 0 radical (unpaired) electrons. The Kier molecular flexibility index (Phi) is 6.52. The highest BCUT2D eigenvalue weighted by molar-refractivity contribution is 7.99. The number of anilines is 1. The van der Waals surface area contributed by atoms with Gasteiger partial charge in [0.15, 0.2) is 12.4 Å². The molecule has 29 heavy (non-hydrogen) atoms. The van der Waals surface area contributed by atoms with Crippen LogP contribution in [-0.2, 0) is 9.59 Å². The van der Waals surface area contributed by atoms with E-state index in [2.05, 4.69) is 5.32 Å². The molecule has 3 rings (SSSR count). The molecule has 2 aromatic rings. The van der Waals surface area contributed by atoms with Crippen molar-refractivity contribution in [1.29, 1.82) is 5.26 Å². The number of nitrogens with zero attached hydrogens (tertiary/aromatic N) is 2. The Morgan fingerprint density at radius 2 is 2.00 bits per heavy atom. The number of amides is 2. The van der Waals surface area contributed by atoms with Crippen molar-refractivity contribution in [1.82, 2.24) is 4.90 Å². The van der Waals surface area contributed by atoms with Gasteiger partial charge in [-0.15, -0.1) is 11.8 Å². The molecule has 0 aromatic heterocycles. The maximum Gasteiger partial charge on any atom is 0.261 e. The van der Waals surface area contributed by atoms with E-state index in [1.54, 1.807) is 48.5 Å². The SMILES string of the molecule is CC(=O)c1cccc(OCC(=O)N2CSCC2C(=O)Nc2ccc(C#N)cc2)c1. The molecule has 2 amide bonds. The van der Waals surface area contributed by atoms with Crippen LogP contribution >= 0.6 is 11.8 Å². The van der Waals surface area contributed by atoms with Gasteiger partial charge in [-0.05, 0) is 43.3 Å². The Balaban J connectivity index is 1.59. The van der Waals surface area contributed by atoms with Gasteiger partial charge in [0.2, 0.25) is 5.91 Å². The van der Waals surface area contributed by atoms with Crippen LogP contribution in [0.3, 0.4) is 0 Å². The summed E-state index contributed by atoms with van der Waals surface area (Å²) < 4.78 is 5.53. The summed E-state index contributed by atoms with van der Waals surface area (Å²) in [5, 5.41) is 11.6. The number of ether oxygens (including phenoxy) is 1. The summed E-state index contributed by atoms with van der Waals surface area (Å²) in [5.74, 6) is 0.651. The molecule has 1 fully saturated rings. The highest BCUT2D eigenvalue weighted by Crippen LogP contribution is 2.23. The van der Waals surface area contributed by atoms with Crippen molar-refractivity contribution in [2.75, 3.05) is 23.6 Å². The van der Waals surface area contributed by atoms with Gasteiger partial charge in [0.1, 0.15) is 11.8 Å². The van der Waals surface area contributed by atoms with Crippen LogP contribution in [0.5, 0.6) is 5.75 Å². The predicted molar refractivity (Wildman–Crippen MR) is 110 cm³/mol. The fourth-order valence-corrected chi connectivity index (χ4v) is 3.97. The number of thioether (sulfide) groups is 1. The van der Waals surface area contributed by atoms with Gasteiger partial charge in [-0.2, -0.15) is 5.26 Å². The van der Waals surface area contributed by atoms with E-state index in [9.17, 15) is 14.4 Å². The highest BCUT2D eigenvalue weighted by Gasteiger charge is 2.34. The number of carbonyl (C=O) groups excluding carboxylic acids is 3. The van der Waals surface area contributed by atoms with Gasteiger partial charge in [-0.25, -0.2) is 0 Å². The summed E-state index contributed by atoms with van der Waals surface area (Å²) in [7, 11) is 0. The summed E-state index contributed by atoms with van der Waals surface area (Å²) in [5.41, 5.74) is 1.57. The molecule has 0 saturated carbocycles. The van der Waals surface area contributed by atoms with Gasteiger partial charge in [-0.1, -0.05) is 12.1 Å². The van der Waals surface area contributed by atoms with Crippen molar-refractivity contribution in [3.05, 3.63) is 59.7 Å². The molecule has 7 nitrogen and oxygen atoms in total. The maximum absolute atomic E-state index is 12.6. The van der Waals surface area contributed by atoms with Crippen LogP contribution in [0.25, 0.3) is 0 Å². The zero-order chi connectivity index (χ0) is 20.8. The van der Waals surface area contributed by atoms with Crippen molar-refractivity contribution in [2.24, 2.45) is 0 Å². The number of hydrogen-bond donors (Lipinski definition) is 1. The lowest BCUT2D eigenvalue weighted by molar-refractivity contribution is -0.137. The summed E-state index contributed by atoms with van der Waals surface area (Å²) in [6, 6.07) is 14.6. The average Bonchev–Trinajstić information content (AvgIpc) is 3.23. The quantitative estimate of drug-likeness (QED) is 0.737. The van der Waals surface area contributed by atoms with Crippen LogP contribution in [0, 0.1) is 11.3 Å². The minimum absolute atomic E-state index is 0.0859. The van der Waals surface area contributed by atoms with Gasteiger partial charge in [0.25, 0.3) is 5.91 Å². The minimum Gasteiger partial charge on any atom is -0.484 e. The third-order valence-corrected chi connectivity index (χ3v) is 5.40. The van der Waals surface area contributed by atoms with Gasteiger partial charge >= 0.3 is 0 Å². The first-order valence-corrected chi connectivity index (χ1v) is 10.1. The average molecular weight is 409 g/mol. The molecule has 1 aliphatic heterocycles. The van der Waals surface area contributed by atoms with Crippen molar-refractivity contribution in [3.63, 3.8) is 0 Å². The number of hydrogen-bond acceptors (Lipinski definition) is 6. The number of Topliss-reactive ketones (excluding diaryl/α,β-unsaturated/α-hetero) is 1. The van der Waals surface area contributed by atoms with Crippen LogP contribution in [0.2, 0.25) is 0 Å². The molecular weight excluding hydrogens is 390 g/mol. The van der Waals surface area contributed by atoms with Gasteiger partial charge in [0, 0.05) is 17.0 Å². The van der Waals surface area contributed by atoms with E-state index >= 15 is 0 Å². The lowest BCUT2D eigenvalue weighted by atomic mass is 10.1. The Morgan fingerprint density at radius 1 is 1.24 bits per heavy atom. The van der Waals surface area contributed by atoms with Crippen LogP contribution in [-0.4, -0.2) is 46.8 Å². The van der Waals surface area contributed by atoms with Crippen LogP contribution in [0.15, 0.2) is 48.5 Å². The van der Waals surface area contributed by atoms with E-state index < -0.39 is 6.04 Å². The number of benzene rings is 2. The molecule has 1 N–H and O–H groups in total. The van der Waals surface area contributed by atoms with Gasteiger partial charge < -0.3 is 15.0 Å². The van der Waals surface area contributed by atoms with E-state index in [4.69, 9.17) is 10.00 Å². The van der Waals surface area contributed by atoms with Gasteiger partial charge in [0.05, 0.1) is 17.5 Å². The molecule has 8 heteroatoms. The second kappa shape index (κ2) is 9.26. The lowest BCUT2D eigenvalue weighted by Gasteiger charge is -2.23. The summed E-state index contributed by atoms with van der Waals surface area (Å²) in [6.45, 7) is 1.24. The van der Waals surface area contributed by atoms with E-state index in [0.29, 0.717) is 34.2 Å². The highest BCUT2D eigenvalue weighted by atomic mass is 32.2. The van der Waals surface area contributed by atoms with Crippen LogP contribution in [0.1, 0.15) is 22.8 Å². The summed E-state index contributed by atoms with van der Waals surface area (Å²) in [4.78, 5) is 38.1. The van der Waals surface area contributed by atoms with E-state index in [1.807, 2.05) is 6.07 Å². The second-order valence-corrected chi connectivity index (χ2v) is 7.43. The third kappa shape index (κ3) is 5.15. The summed E-state index contributed by atoms with van der Waals surface area (Å²) in [6.07, 6.45) is 0. The normalized spacial score (nSPS) is 15.4. The Bertz CT molecular complexity index is 969. The Labute approximate surface area is 172 Å². The number of rotatable bonds is 6. The Hall–Kier alpha value is -3.31. The molecule has 2 aromatic carbocycles. The van der Waals surface area contributed by atoms with E-state index in [0.717, 1.165) is 0 Å². The van der Waals surface area contributed by atoms with Crippen molar-refractivity contribution < 1.29 is 19.1 Å².